The van der Waals surface area contributed by atoms with Gasteiger partial charge in [-0.05, 0) is 35.4 Å². The van der Waals surface area contributed by atoms with E-state index in [0.29, 0.717) is 12.1 Å². The molecule has 21 heavy (non-hydrogen) atoms. The molecule has 0 fully saturated rings. The van der Waals surface area contributed by atoms with Crippen molar-refractivity contribution in [1.82, 2.24) is 4.90 Å². The zero-order chi connectivity index (χ0) is 14.7. The van der Waals surface area contributed by atoms with Crippen LogP contribution in [0.3, 0.4) is 0 Å². The zero-order valence-electron chi connectivity index (χ0n) is 11.9. The summed E-state index contributed by atoms with van der Waals surface area (Å²) in [5.74, 6) is 0.0377. The number of carbonyl (C=O) groups is 1. The number of nitrogens with zero attached hydrogens (tertiary/aromatic N) is 1. The summed E-state index contributed by atoms with van der Waals surface area (Å²) in [5.41, 5.74) is 9.85. The Morgan fingerprint density at radius 1 is 1.05 bits per heavy atom. The van der Waals surface area contributed by atoms with Gasteiger partial charge in [-0.25, -0.2) is 0 Å². The lowest BCUT2D eigenvalue weighted by atomic mass is 10.1. The monoisotopic (exact) mass is 281 g/mol. The highest BCUT2D eigenvalue weighted by molar-refractivity contribution is 5.90. The van der Waals surface area contributed by atoms with Crippen molar-refractivity contribution < 1.29 is 4.79 Å². The number of fused-ring (bicyclic) bond motifs is 1. The quantitative estimate of drug-likeness (QED) is 0.847. The van der Waals surface area contributed by atoms with Crippen molar-refractivity contribution in [3.05, 3.63) is 59.7 Å². The minimum atomic E-state index is 0.0377. The van der Waals surface area contributed by atoms with Crippen LogP contribution in [0.15, 0.2) is 48.5 Å². The third-order valence-corrected chi connectivity index (χ3v) is 3.76. The average Bonchev–Trinajstić information content (AvgIpc) is 2.90. The normalized spacial score (nSPS) is 13.9. The number of anilines is 2. The molecule has 0 atom stereocenters. The number of nitrogens with one attached hydrogen (secondary N) is 1. The maximum atomic E-state index is 12.0. The van der Waals surface area contributed by atoms with E-state index in [2.05, 4.69) is 34.5 Å². The maximum Gasteiger partial charge on any atom is 0.225 e. The molecule has 1 aliphatic heterocycles. The van der Waals surface area contributed by atoms with Crippen molar-refractivity contribution in [3.63, 3.8) is 0 Å². The standard InChI is InChI=1S/C17H19N3O/c18-15-5-7-16(8-6-15)19-17(21)9-10-20-11-13-3-1-2-4-14(13)12-20/h1-8H,9-12,18H2,(H,19,21). The lowest BCUT2D eigenvalue weighted by molar-refractivity contribution is -0.116. The second kappa shape index (κ2) is 5.97. The lowest BCUT2D eigenvalue weighted by Crippen LogP contribution is -2.23. The molecule has 108 valence electrons. The summed E-state index contributed by atoms with van der Waals surface area (Å²) in [7, 11) is 0. The van der Waals surface area contributed by atoms with E-state index in [-0.39, 0.29) is 5.91 Å². The zero-order valence-corrected chi connectivity index (χ0v) is 11.9. The summed E-state index contributed by atoms with van der Waals surface area (Å²) in [6.07, 6.45) is 0.498. The number of rotatable bonds is 4. The van der Waals surface area contributed by atoms with Crippen molar-refractivity contribution in [2.75, 3.05) is 17.6 Å². The summed E-state index contributed by atoms with van der Waals surface area (Å²) in [6.45, 7) is 2.64. The molecule has 1 heterocycles. The molecule has 0 saturated heterocycles. The topological polar surface area (TPSA) is 58.4 Å². The molecule has 2 aromatic rings. The molecule has 0 bridgehead atoms. The van der Waals surface area contributed by atoms with E-state index in [1.807, 2.05) is 12.1 Å². The molecule has 0 aliphatic carbocycles. The molecule has 0 saturated carbocycles. The average molecular weight is 281 g/mol. The highest BCUT2D eigenvalue weighted by Crippen LogP contribution is 2.22. The number of hydrogen-bond acceptors (Lipinski definition) is 3. The van der Waals surface area contributed by atoms with Crippen molar-refractivity contribution in [2.24, 2.45) is 0 Å². The first-order valence-electron chi connectivity index (χ1n) is 7.15. The van der Waals surface area contributed by atoms with Crippen molar-refractivity contribution in [1.29, 1.82) is 0 Å². The predicted molar refractivity (Wildman–Crippen MR) is 84.7 cm³/mol. The maximum absolute atomic E-state index is 12.0. The van der Waals surface area contributed by atoms with E-state index >= 15 is 0 Å². The molecule has 0 spiro atoms. The van der Waals surface area contributed by atoms with Gasteiger partial charge in [0.15, 0.2) is 0 Å². The van der Waals surface area contributed by atoms with Gasteiger partial charge < -0.3 is 11.1 Å². The molecule has 2 aromatic carbocycles. The van der Waals surface area contributed by atoms with Crippen molar-refractivity contribution in [3.8, 4) is 0 Å². The van der Waals surface area contributed by atoms with Gasteiger partial charge in [0.1, 0.15) is 0 Å². The molecular weight excluding hydrogens is 262 g/mol. The smallest absolute Gasteiger partial charge is 0.225 e. The van der Waals surface area contributed by atoms with Gasteiger partial charge in [-0.2, -0.15) is 0 Å². The predicted octanol–water partition coefficient (Wildman–Crippen LogP) is 2.61. The van der Waals surface area contributed by atoms with Gasteiger partial charge in [0, 0.05) is 37.4 Å². The van der Waals surface area contributed by atoms with Crippen LogP contribution < -0.4 is 11.1 Å². The first-order chi connectivity index (χ1) is 10.2. The minimum Gasteiger partial charge on any atom is -0.399 e. The SMILES string of the molecule is Nc1ccc(NC(=O)CCN2Cc3ccccc3C2)cc1. The number of nitrogen functional groups attached to an aromatic ring is 1. The van der Waals surface area contributed by atoms with Crippen LogP contribution in [0.5, 0.6) is 0 Å². The van der Waals surface area contributed by atoms with Crippen LogP contribution in [0.4, 0.5) is 11.4 Å². The number of amides is 1. The van der Waals surface area contributed by atoms with Gasteiger partial charge in [0.25, 0.3) is 0 Å². The second-order valence-corrected chi connectivity index (χ2v) is 5.40. The Morgan fingerprint density at radius 3 is 2.29 bits per heavy atom. The molecule has 0 aromatic heterocycles. The molecule has 3 rings (SSSR count). The van der Waals surface area contributed by atoms with E-state index in [1.54, 1.807) is 12.1 Å². The van der Waals surface area contributed by atoms with Crippen LogP contribution in [0.2, 0.25) is 0 Å². The second-order valence-electron chi connectivity index (χ2n) is 5.40. The van der Waals surface area contributed by atoms with Gasteiger partial charge >= 0.3 is 0 Å². The van der Waals surface area contributed by atoms with E-state index < -0.39 is 0 Å². The molecule has 1 amide bonds. The molecule has 0 radical (unpaired) electrons. The summed E-state index contributed by atoms with van der Waals surface area (Å²) in [6, 6.07) is 15.6. The number of benzene rings is 2. The highest BCUT2D eigenvalue weighted by atomic mass is 16.1. The molecule has 1 aliphatic rings. The fraction of sp³-hybridized carbons (Fsp3) is 0.235. The minimum absolute atomic E-state index is 0.0377. The molecule has 4 nitrogen and oxygen atoms in total. The summed E-state index contributed by atoms with van der Waals surface area (Å²) < 4.78 is 0. The highest BCUT2D eigenvalue weighted by Gasteiger charge is 2.18. The first kappa shape index (κ1) is 13.6. The van der Waals surface area contributed by atoms with Crippen molar-refractivity contribution >= 4 is 17.3 Å². The van der Waals surface area contributed by atoms with E-state index in [4.69, 9.17) is 5.73 Å². The Labute approximate surface area is 124 Å². The summed E-state index contributed by atoms with van der Waals surface area (Å²) >= 11 is 0. The number of hydrogen-bond donors (Lipinski definition) is 2. The summed E-state index contributed by atoms with van der Waals surface area (Å²) in [5, 5.41) is 2.89. The number of carbonyl (C=O) groups excluding carboxylic acids is 1. The van der Waals surface area contributed by atoms with Crippen LogP contribution in [0, 0.1) is 0 Å². The third kappa shape index (κ3) is 3.41. The van der Waals surface area contributed by atoms with Crippen molar-refractivity contribution in [2.45, 2.75) is 19.5 Å². The van der Waals surface area contributed by atoms with Gasteiger partial charge in [-0.3, -0.25) is 9.69 Å². The Kier molecular flexibility index (Phi) is 3.88. The third-order valence-electron chi connectivity index (χ3n) is 3.76. The lowest BCUT2D eigenvalue weighted by Gasteiger charge is -2.14. The van der Waals surface area contributed by atoms with Crippen LogP contribution >= 0.6 is 0 Å². The van der Waals surface area contributed by atoms with Crippen LogP contribution in [-0.2, 0) is 17.9 Å². The Bertz CT molecular complexity index is 612. The van der Waals surface area contributed by atoms with Gasteiger partial charge in [0.05, 0.1) is 0 Å². The van der Waals surface area contributed by atoms with Gasteiger partial charge in [0.2, 0.25) is 5.91 Å². The van der Waals surface area contributed by atoms with Gasteiger partial charge in [-0.1, -0.05) is 24.3 Å². The van der Waals surface area contributed by atoms with Gasteiger partial charge in [-0.15, -0.1) is 0 Å². The molecule has 0 unspecified atom stereocenters. The van der Waals surface area contributed by atoms with E-state index in [1.165, 1.54) is 11.1 Å². The molecule has 4 heteroatoms. The number of nitrogens with two attached hydrogens (primary N) is 1. The molecular formula is C17H19N3O. The van der Waals surface area contributed by atoms with Crippen LogP contribution in [-0.4, -0.2) is 17.4 Å². The van der Waals surface area contributed by atoms with Crippen LogP contribution in [0.1, 0.15) is 17.5 Å². The Balaban J connectivity index is 1.48. The fourth-order valence-electron chi connectivity index (χ4n) is 2.61. The van der Waals surface area contributed by atoms with E-state index in [9.17, 15) is 4.79 Å². The first-order valence-corrected chi connectivity index (χ1v) is 7.15. The Morgan fingerprint density at radius 2 is 1.67 bits per heavy atom. The largest absolute Gasteiger partial charge is 0.399 e. The fourth-order valence-corrected chi connectivity index (χ4v) is 2.61. The molecule has 3 N–H and O–H groups in total. The van der Waals surface area contributed by atoms with Crippen LogP contribution in [0.25, 0.3) is 0 Å². The van der Waals surface area contributed by atoms with E-state index in [0.717, 1.165) is 25.3 Å². The Hall–Kier alpha value is -2.33. The summed E-state index contributed by atoms with van der Waals surface area (Å²) in [4.78, 5) is 14.3.